The summed E-state index contributed by atoms with van der Waals surface area (Å²) in [4.78, 5) is 9.15. The molecule has 1 unspecified atom stereocenters. The number of nitrogens with zero attached hydrogens (tertiary/aromatic N) is 3. The highest BCUT2D eigenvalue weighted by molar-refractivity contribution is 6.17. The minimum absolute atomic E-state index is 0.189. The molecular formula is C16H16ClN3. The summed E-state index contributed by atoms with van der Waals surface area (Å²) in [5.41, 5.74) is 3.09. The van der Waals surface area contributed by atoms with Gasteiger partial charge in [0.1, 0.15) is 11.3 Å². The smallest absolute Gasteiger partial charge is 0.160 e. The Kier molecular flexibility index (Phi) is 3.70. The van der Waals surface area contributed by atoms with Gasteiger partial charge in [0, 0.05) is 18.5 Å². The molecular weight excluding hydrogens is 270 g/mol. The molecule has 0 amide bonds. The molecule has 0 spiro atoms. The van der Waals surface area contributed by atoms with Crippen LogP contribution in [-0.2, 0) is 6.42 Å². The molecule has 3 aromatic rings. The summed E-state index contributed by atoms with van der Waals surface area (Å²) in [6.45, 7) is 2.17. The van der Waals surface area contributed by atoms with E-state index in [0.717, 1.165) is 23.4 Å². The van der Waals surface area contributed by atoms with Gasteiger partial charge in [0.25, 0.3) is 0 Å². The first-order chi connectivity index (χ1) is 9.81. The van der Waals surface area contributed by atoms with Crippen molar-refractivity contribution in [3.05, 3.63) is 60.0 Å². The molecule has 2 heterocycles. The van der Waals surface area contributed by atoms with Crippen LogP contribution in [0, 0.1) is 0 Å². The third-order valence-corrected chi connectivity index (χ3v) is 3.70. The van der Waals surface area contributed by atoms with Crippen LogP contribution in [0.15, 0.2) is 48.7 Å². The lowest BCUT2D eigenvalue weighted by molar-refractivity contribution is 0.619. The van der Waals surface area contributed by atoms with Gasteiger partial charge in [-0.2, -0.15) is 0 Å². The zero-order chi connectivity index (χ0) is 13.9. The normalized spacial score (nSPS) is 12.7. The molecule has 0 fully saturated rings. The number of alkyl halides is 1. The van der Waals surface area contributed by atoms with E-state index >= 15 is 0 Å². The van der Waals surface area contributed by atoms with Crippen LogP contribution >= 0.6 is 11.6 Å². The summed E-state index contributed by atoms with van der Waals surface area (Å²) in [6.07, 6.45) is 2.55. The Hall–Kier alpha value is -1.87. The van der Waals surface area contributed by atoms with Crippen LogP contribution in [0.25, 0.3) is 11.2 Å². The van der Waals surface area contributed by atoms with Crippen molar-refractivity contribution in [1.82, 2.24) is 14.5 Å². The Morgan fingerprint density at radius 3 is 2.70 bits per heavy atom. The molecule has 20 heavy (non-hydrogen) atoms. The molecule has 1 aromatic carbocycles. The molecule has 0 saturated carbocycles. The molecule has 1 atom stereocenters. The molecule has 4 heteroatoms. The van der Waals surface area contributed by atoms with Crippen LogP contribution in [0.1, 0.15) is 24.4 Å². The molecule has 0 bridgehead atoms. The molecule has 0 saturated heterocycles. The van der Waals surface area contributed by atoms with Gasteiger partial charge in [-0.15, -0.1) is 11.6 Å². The van der Waals surface area contributed by atoms with E-state index in [-0.39, 0.29) is 6.04 Å². The van der Waals surface area contributed by atoms with Gasteiger partial charge in [-0.1, -0.05) is 30.3 Å². The van der Waals surface area contributed by atoms with Gasteiger partial charge in [-0.3, -0.25) is 0 Å². The summed E-state index contributed by atoms with van der Waals surface area (Å²) < 4.78 is 2.19. The minimum Gasteiger partial charge on any atom is -0.305 e. The number of hydrogen-bond donors (Lipinski definition) is 0. The van der Waals surface area contributed by atoms with Crippen molar-refractivity contribution in [2.75, 3.05) is 5.88 Å². The number of aromatic nitrogens is 3. The monoisotopic (exact) mass is 285 g/mol. The molecule has 0 radical (unpaired) electrons. The summed E-state index contributed by atoms with van der Waals surface area (Å²) >= 11 is 5.91. The predicted molar refractivity (Wildman–Crippen MR) is 82.2 cm³/mol. The van der Waals surface area contributed by atoms with Crippen LogP contribution in [0.3, 0.4) is 0 Å². The van der Waals surface area contributed by atoms with E-state index in [1.54, 1.807) is 0 Å². The number of rotatable bonds is 4. The topological polar surface area (TPSA) is 30.7 Å². The lowest BCUT2D eigenvalue weighted by atomic mass is 10.1. The standard InChI is InChI=1S/C16H16ClN3/c1-12(13-6-3-2-4-7-13)20-15(9-10-17)19-14-8-5-11-18-16(14)20/h2-8,11-12H,9-10H2,1H3. The average Bonchev–Trinajstić information content (AvgIpc) is 2.86. The van der Waals surface area contributed by atoms with Crippen molar-refractivity contribution < 1.29 is 0 Å². The van der Waals surface area contributed by atoms with Crippen LogP contribution in [0.5, 0.6) is 0 Å². The van der Waals surface area contributed by atoms with E-state index in [9.17, 15) is 0 Å². The van der Waals surface area contributed by atoms with Gasteiger partial charge in [-0.05, 0) is 24.6 Å². The first kappa shape index (κ1) is 13.1. The summed E-state index contributed by atoms with van der Waals surface area (Å²) in [7, 11) is 0. The molecule has 3 rings (SSSR count). The van der Waals surface area contributed by atoms with Crippen molar-refractivity contribution in [3.8, 4) is 0 Å². The zero-order valence-electron chi connectivity index (χ0n) is 11.3. The third-order valence-electron chi connectivity index (χ3n) is 3.51. The first-order valence-electron chi connectivity index (χ1n) is 6.74. The fourth-order valence-corrected chi connectivity index (χ4v) is 2.69. The van der Waals surface area contributed by atoms with Crippen molar-refractivity contribution >= 4 is 22.8 Å². The summed E-state index contributed by atoms with van der Waals surface area (Å²) in [5.74, 6) is 1.55. The molecule has 0 aliphatic rings. The zero-order valence-corrected chi connectivity index (χ0v) is 12.1. The van der Waals surface area contributed by atoms with Crippen LogP contribution in [0.4, 0.5) is 0 Å². The Balaban J connectivity index is 2.15. The maximum Gasteiger partial charge on any atom is 0.160 e. The summed E-state index contributed by atoms with van der Waals surface area (Å²) in [5, 5.41) is 0. The van der Waals surface area contributed by atoms with Crippen LogP contribution in [-0.4, -0.2) is 20.4 Å². The number of fused-ring (bicyclic) bond motifs is 1. The lowest BCUT2D eigenvalue weighted by Gasteiger charge is -2.17. The molecule has 0 N–H and O–H groups in total. The van der Waals surface area contributed by atoms with E-state index in [0.29, 0.717) is 5.88 Å². The van der Waals surface area contributed by atoms with Gasteiger partial charge < -0.3 is 4.57 Å². The van der Waals surface area contributed by atoms with Gasteiger partial charge in [0.2, 0.25) is 0 Å². The molecule has 0 aliphatic heterocycles. The van der Waals surface area contributed by atoms with Crippen molar-refractivity contribution in [2.24, 2.45) is 0 Å². The fourth-order valence-electron chi connectivity index (χ4n) is 2.52. The van der Waals surface area contributed by atoms with Crippen LogP contribution < -0.4 is 0 Å². The summed E-state index contributed by atoms with van der Waals surface area (Å²) in [6, 6.07) is 14.5. The molecule has 3 nitrogen and oxygen atoms in total. The van der Waals surface area contributed by atoms with E-state index in [4.69, 9.17) is 11.6 Å². The maximum absolute atomic E-state index is 5.91. The Morgan fingerprint density at radius 1 is 1.15 bits per heavy atom. The van der Waals surface area contributed by atoms with Gasteiger partial charge >= 0.3 is 0 Å². The number of aryl methyl sites for hydroxylation is 1. The van der Waals surface area contributed by atoms with Crippen molar-refractivity contribution in [1.29, 1.82) is 0 Å². The number of halogens is 1. The van der Waals surface area contributed by atoms with E-state index in [1.165, 1.54) is 5.56 Å². The Labute approximate surface area is 123 Å². The van der Waals surface area contributed by atoms with E-state index < -0.39 is 0 Å². The average molecular weight is 286 g/mol. The minimum atomic E-state index is 0.189. The maximum atomic E-state index is 5.91. The second-order valence-corrected chi connectivity index (χ2v) is 5.15. The van der Waals surface area contributed by atoms with Gasteiger partial charge in [-0.25, -0.2) is 9.97 Å². The predicted octanol–water partition coefficient (Wildman–Crippen LogP) is 3.82. The number of pyridine rings is 1. The fraction of sp³-hybridized carbons (Fsp3) is 0.250. The Morgan fingerprint density at radius 2 is 1.95 bits per heavy atom. The Bertz CT molecular complexity index is 706. The van der Waals surface area contributed by atoms with Crippen LogP contribution in [0.2, 0.25) is 0 Å². The van der Waals surface area contributed by atoms with Gasteiger partial charge in [0.15, 0.2) is 5.65 Å². The quantitative estimate of drug-likeness (QED) is 0.682. The van der Waals surface area contributed by atoms with Crippen molar-refractivity contribution in [3.63, 3.8) is 0 Å². The second-order valence-electron chi connectivity index (χ2n) is 4.77. The SMILES string of the molecule is CC(c1ccccc1)n1c(CCCl)nc2cccnc21. The number of hydrogen-bond acceptors (Lipinski definition) is 2. The number of benzene rings is 1. The molecule has 0 aliphatic carbocycles. The highest BCUT2D eigenvalue weighted by Crippen LogP contribution is 2.25. The van der Waals surface area contributed by atoms with E-state index in [2.05, 4.69) is 45.7 Å². The third kappa shape index (κ3) is 2.29. The largest absolute Gasteiger partial charge is 0.305 e. The van der Waals surface area contributed by atoms with Gasteiger partial charge in [0.05, 0.1) is 6.04 Å². The highest BCUT2D eigenvalue weighted by atomic mass is 35.5. The second kappa shape index (κ2) is 5.63. The highest BCUT2D eigenvalue weighted by Gasteiger charge is 2.17. The molecule has 102 valence electrons. The van der Waals surface area contributed by atoms with E-state index in [1.807, 2.05) is 24.4 Å². The lowest BCUT2D eigenvalue weighted by Crippen LogP contribution is -2.11. The van der Waals surface area contributed by atoms with Crippen molar-refractivity contribution in [2.45, 2.75) is 19.4 Å². The number of imidazole rings is 1. The molecule has 2 aromatic heterocycles. The first-order valence-corrected chi connectivity index (χ1v) is 7.27.